The average molecular weight is 334 g/mol. The van der Waals surface area contributed by atoms with Crippen molar-refractivity contribution in [1.29, 1.82) is 0 Å². The monoisotopic (exact) mass is 334 g/mol. The zero-order valence-corrected chi connectivity index (χ0v) is 13.5. The number of hydrogen-bond acceptors (Lipinski definition) is 3. The Kier molecular flexibility index (Phi) is 5.02. The molecule has 6 nitrogen and oxygen atoms in total. The second kappa shape index (κ2) is 7.37. The van der Waals surface area contributed by atoms with E-state index in [0.717, 1.165) is 37.3 Å². The first-order chi connectivity index (χ1) is 11.7. The van der Waals surface area contributed by atoms with Crippen LogP contribution in [0.1, 0.15) is 17.8 Å². The van der Waals surface area contributed by atoms with Crippen molar-refractivity contribution in [2.24, 2.45) is 4.99 Å². The number of benzene rings is 1. The Morgan fingerprint density at radius 2 is 2.29 bits per heavy atom. The second-order valence-corrected chi connectivity index (χ2v) is 5.72. The first-order valence-corrected chi connectivity index (χ1v) is 7.93. The minimum absolute atomic E-state index is 0.205. The maximum Gasteiger partial charge on any atom is 0.191 e. The summed E-state index contributed by atoms with van der Waals surface area (Å²) in [5.74, 6) is 0.810. The molecule has 0 radical (unpaired) electrons. The second-order valence-electron chi connectivity index (χ2n) is 5.72. The predicted molar refractivity (Wildman–Crippen MR) is 86.7 cm³/mol. The van der Waals surface area contributed by atoms with Crippen LogP contribution in [-0.4, -0.2) is 40.4 Å². The van der Waals surface area contributed by atoms with Crippen molar-refractivity contribution in [3.8, 4) is 0 Å². The molecule has 0 saturated carbocycles. The highest BCUT2D eigenvalue weighted by Gasteiger charge is 2.20. The fourth-order valence-electron chi connectivity index (χ4n) is 2.79. The molecular formula is C16H20F2N6. The Morgan fingerprint density at radius 1 is 1.42 bits per heavy atom. The van der Waals surface area contributed by atoms with Gasteiger partial charge in [-0.2, -0.15) is 5.10 Å². The molecule has 1 atom stereocenters. The Bertz CT molecular complexity index is 727. The van der Waals surface area contributed by atoms with Crippen LogP contribution >= 0.6 is 0 Å². The van der Waals surface area contributed by atoms with Crippen LogP contribution in [0.3, 0.4) is 0 Å². The van der Waals surface area contributed by atoms with E-state index in [0.29, 0.717) is 24.5 Å². The predicted octanol–water partition coefficient (Wildman–Crippen LogP) is 1.28. The van der Waals surface area contributed by atoms with Gasteiger partial charge in [-0.3, -0.25) is 4.99 Å². The topological polar surface area (TPSA) is 67.1 Å². The molecule has 128 valence electrons. The van der Waals surface area contributed by atoms with Crippen LogP contribution in [0.5, 0.6) is 0 Å². The third kappa shape index (κ3) is 3.87. The molecule has 1 aromatic heterocycles. The summed E-state index contributed by atoms with van der Waals surface area (Å²) in [4.78, 5) is 8.38. The Labute approximate surface area is 139 Å². The quantitative estimate of drug-likeness (QED) is 0.653. The van der Waals surface area contributed by atoms with E-state index >= 15 is 0 Å². The molecule has 2 N–H and O–H groups in total. The summed E-state index contributed by atoms with van der Waals surface area (Å²) >= 11 is 0. The van der Waals surface area contributed by atoms with Crippen LogP contribution in [0.2, 0.25) is 0 Å². The van der Waals surface area contributed by atoms with E-state index in [2.05, 4.69) is 25.7 Å². The number of halogens is 2. The van der Waals surface area contributed by atoms with Gasteiger partial charge in [-0.25, -0.2) is 18.4 Å². The Morgan fingerprint density at radius 3 is 3.12 bits per heavy atom. The SMILES string of the molecule is CN=C(NCCc1cc(F)ccc1F)NC1CCc2ncnn2C1. The number of rotatable bonds is 4. The standard InChI is InChI=1S/C16H20F2N6/c1-19-16(20-7-6-11-8-12(17)2-4-14(11)18)23-13-3-5-15-21-10-22-24(15)9-13/h2,4,8,10,13H,3,5-7,9H2,1H3,(H2,19,20,23). The normalized spacial score (nSPS) is 17.5. The number of aromatic nitrogens is 3. The van der Waals surface area contributed by atoms with Gasteiger partial charge in [-0.1, -0.05) is 0 Å². The highest BCUT2D eigenvalue weighted by atomic mass is 19.1. The van der Waals surface area contributed by atoms with Gasteiger partial charge < -0.3 is 10.6 Å². The maximum absolute atomic E-state index is 13.6. The number of nitrogens with one attached hydrogen (secondary N) is 2. The van der Waals surface area contributed by atoms with E-state index in [1.807, 2.05) is 4.68 Å². The van der Waals surface area contributed by atoms with Gasteiger partial charge >= 0.3 is 0 Å². The smallest absolute Gasteiger partial charge is 0.191 e. The lowest BCUT2D eigenvalue weighted by atomic mass is 10.1. The zero-order valence-electron chi connectivity index (χ0n) is 13.5. The first-order valence-electron chi connectivity index (χ1n) is 7.93. The average Bonchev–Trinajstić information content (AvgIpc) is 3.04. The van der Waals surface area contributed by atoms with Crippen molar-refractivity contribution in [2.45, 2.75) is 31.8 Å². The number of guanidine groups is 1. The minimum Gasteiger partial charge on any atom is -0.356 e. The third-order valence-electron chi connectivity index (χ3n) is 4.06. The summed E-state index contributed by atoms with van der Waals surface area (Å²) in [5, 5.41) is 10.7. The van der Waals surface area contributed by atoms with Crippen molar-refractivity contribution in [1.82, 2.24) is 25.4 Å². The lowest BCUT2D eigenvalue weighted by molar-refractivity contribution is 0.393. The fraction of sp³-hybridized carbons (Fsp3) is 0.438. The van der Waals surface area contributed by atoms with Crippen molar-refractivity contribution in [2.75, 3.05) is 13.6 Å². The van der Waals surface area contributed by atoms with Crippen LogP contribution in [-0.2, 0) is 19.4 Å². The van der Waals surface area contributed by atoms with Gasteiger partial charge in [-0.05, 0) is 36.6 Å². The number of nitrogens with zero attached hydrogens (tertiary/aromatic N) is 4. The third-order valence-corrected chi connectivity index (χ3v) is 4.06. The van der Waals surface area contributed by atoms with E-state index in [4.69, 9.17) is 0 Å². The summed E-state index contributed by atoms with van der Waals surface area (Å²) < 4.78 is 28.7. The van der Waals surface area contributed by atoms with E-state index < -0.39 is 11.6 Å². The Hall–Kier alpha value is -2.51. The van der Waals surface area contributed by atoms with Crippen molar-refractivity contribution < 1.29 is 8.78 Å². The fourth-order valence-corrected chi connectivity index (χ4v) is 2.79. The lowest BCUT2D eigenvalue weighted by Crippen LogP contribution is -2.47. The molecule has 0 saturated heterocycles. The molecule has 0 amide bonds. The summed E-state index contributed by atoms with van der Waals surface area (Å²) in [6.45, 7) is 1.19. The molecule has 1 unspecified atom stereocenters. The highest BCUT2D eigenvalue weighted by Crippen LogP contribution is 2.11. The van der Waals surface area contributed by atoms with Crippen LogP contribution in [0.25, 0.3) is 0 Å². The largest absolute Gasteiger partial charge is 0.356 e. The van der Waals surface area contributed by atoms with E-state index in [-0.39, 0.29) is 6.04 Å². The highest BCUT2D eigenvalue weighted by molar-refractivity contribution is 5.79. The molecule has 0 bridgehead atoms. The summed E-state index contributed by atoms with van der Waals surface area (Å²) in [6, 6.07) is 3.70. The number of aryl methyl sites for hydroxylation is 1. The molecule has 0 aliphatic carbocycles. The molecule has 2 heterocycles. The summed E-state index contributed by atoms with van der Waals surface area (Å²) in [5.41, 5.74) is 0.350. The molecule has 1 aliphatic rings. The number of fused-ring (bicyclic) bond motifs is 1. The van der Waals surface area contributed by atoms with Crippen molar-refractivity contribution in [3.05, 3.63) is 47.5 Å². The summed E-state index contributed by atoms with van der Waals surface area (Å²) in [6.07, 6.45) is 3.75. The zero-order chi connectivity index (χ0) is 16.9. The van der Waals surface area contributed by atoms with E-state index in [1.165, 1.54) is 6.07 Å². The van der Waals surface area contributed by atoms with Crippen LogP contribution in [0.4, 0.5) is 8.78 Å². The molecule has 24 heavy (non-hydrogen) atoms. The minimum atomic E-state index is -0.431. The van der Waals surface area contributed by atoms with Gasteiger partial charge in [0.2, 0.25) is 0 Å². The van der Waals surface area contributed by atoms with Gasteiger partial charge in [-0.15, -0.1) is 0 Å². The molecule has 1 aliphatic heterocycles. The molecule has 0 spiro atoms. The van der Waals surface area contributed by atoms with Gasteiger partial charge in [0.05, 0.1) is 6.54 Å². The molecule has 2 aromatic rings. The lowest BCUT2D eigenvalue weighted by Gasteiger charge is -2.25. The van der Waals surface area contributed by atoms with Crippen molar-refractivity contribution in [3.63, 3.8) is 0 Å². The van der Waals surface area contributed by atoms with Gasteiger partial charge in [0, 0.05) is 26.1 Å². The first kappa shape index (κ1) is 16.4. The molecule has 8 heteroatoms. The molecular weight excluding hydrogens is 314 g/mol. The number of hydrogen-bond donors (Lipinski definition) is 2. The van der Waals surface area contributed by atoms with Crippen LogP contribution in [0.15, 0.2) is 29.5 Å². The van der Waals surface area contributed by atoms with Gasteiger partial charge in [0.1, 0.15) is 23.8 Å². The maximum atomic E-state index is 13.6. The molecule has 1 aromatic carbocycles. The molecule has 0 fully saturated rings. The van der Waals surface area contributed by atoms with E-state index in [9.17, 15) is 8.78 Å². The van der Waals surface area contributed by atoms with Crippen LogP contribution < -0.4 is 10.6 Å². The van der Waals surface area contributed by atoms with Crippen LogP contribution in [0, 0.1) is 11.6 Å². The van der Waals surface area contributed by atoms with Crippen molar-refractivity contribution >= 4 is 5.96 Å². The van der Waals surface area contributed by atoms with Gasteiger partial charge in [0.25, 0.3) is 0 Å². The van der Waals surface area contributed by atoms with Gasteiger partial charge in [0.15, 0.2) is 5.96 Å². The molecule has 3 rings (SSSR count). The van der Waals surface area contributed by atoms with E-state index in [1.54, 1.807) is 13.4 Å². The summed E-state index contributed by atoms with van der Waals surface area (Å²) in [7, 11) is 1.68. The Balaban J connectivity index is 1.50. The number of aliphatic imine (C=N–C) groups is 1.